The van der Waals surface area contributed by atoms with Gasteiger partial charge in [0.05, 0.1) is 0 Å². The number of fused-ring (bicyclic) bond motifs is 1. The molecule has 0 aliphatic carbocycles. The molecule has 0 bridgehead atoms. The number of nitrogens with zero attached hydrogens (tertiary/aromatic N) is 3. The lowest BCUT2D eigenvalue weighted by atomic mass is 10.0. The molecule has 0 saturated heterocycles. The summed E-state index contributed by atoms with van der Waals surface area (Å²) in [5.41, 5.74) is 5.22. The van der Waals surface area contributed by atoms with Gasteiger partial charge in [0.25, 0.3) is 0 Å². The van der Waals surface area contributed by atoms with E-state index in [1.165, 1.54) is 23.3 Å². The summed E-state index contributed by atoms with van der Waals surface area (Å²) in [5, 5.41) is 4.23. The Hall–Kier alpha value is -2.50. The van der Waals surface area contributed by atoms with Crippen LogP contribution >= 0.6 is 0 Å². The Balaban J connectivity index is 1.49. The van der Waals surface area contributed by atoms with Gasteiger partial charge in [0.2, 0.25) is 0 Å². The van der Waals surface area contributed by atoms with Gasteiger partial charge in [0, 0.05) is 43.2 Å². The molecule has 0 N–H and O–H groups in total. The molecule has 28 heavy (non-hydrogen) atoms. The maximum absolute atomic E-state index is 13.6. The highest BCUT2D eigenvalue weighted by molar-refractivity contribution is 5.63. The summed E-state index contributed by atoms with van der Waals surface area (Å²) in [6, 6.07) is 15.8. The van der Waals surface area contributed by atoms with Crippen molar-refractivity contribution in [3.63, 3.8) is 0 Å². The van der Waals surface area contributed by atoms with Gasteiger partial charge in [-0.3, -0.25) is 4.90 Å². The SMILES string of the molecule is C[C@H](c1ccc(CN2CCc3onc(-c4cccc(F)c4)c3C2)cc1)N(C)C. The van der Waals surface area contributed by atoms with Crippen molar-refractivity contribution < 1.29 is 8.91 Å². The van der Waals surface area contributed by atoms with Crippen molar-refractivity contribution in [1.29, 1.82) is 0 Å². The topological polar surface area (TPSA) is 32.5 Å². The molecule has 1 atom stereocenters. The van der Waals surface area contributed by atoms with Gasteiger partial charge >= 0.3 is 0 Å². The van der Waals surface area contributed by atoms with E-state index in [0.717, 1.165) is 48.6 Å². The maximum atomic E-state index is 13.6. The average molecular weight is 379 g/mol. The second kappa shape index (κ2) is 7.86. The van der Waals surface area contributed by atoms with Crippen LogP contribution in [0.15, 0.2) is 53.1 Å². The largest absolute Gasteiger partial charge is 0.360 e. The second-order valence-electron chi connectivity index (χ2n) is 7.79. The van der Waals surface area contributed by atoms with Gasteiger partial charge < -0.3 is 9.42 Å². The van der Waals surface area contributed by atoms with Crippen LogP contribution in [-0.4, -0.2) is 35.6 Å². The van der Waals surface area contributed by atoms with Crippen molar-refractivity contribution >= 4 is 0 Å². The van der Waals surface area contributed by atoms with Gasteiger partial charge in [-0.25, -0.2) is 4.39 Å². The molecule has 4 rings (SSSR count). The first-order valence-electron chi connectivity index (χ1n) is 9.72. The van der Waals surface area contributed by atoms with Crippen LogP contribution in [-0.2, 0) is 19.5 Å². The van der Waals surface area contributed by atoms with E-state index in [2.05, 4.69) is 60.2 Å². The quantitative estimate of drug-likeness (QED) is 0.645. The fourth-order valence-corrected chi connectivity index (χ4v) is 3.72. The normalized spacial score (nSPS) is 15.6. The van der Waals surface area contributed by atoms with Crippen LogP contribution in [0.3, 0.4) is 0 Å². The highest BCUT2D eigenvalue weighted by Crippen LogP contribution is 2.31. The van der Waals surface area contributed by atoms with Crippen LogP contribution in [0, 0.1) is 5.82 Å². The van der Waals surface area contributed by atoms with Gasteiger partial charge in [0.15, 0.2) is 0 Å². The Morgan fingerprint density at radius 3 is 2.68 bits per heavy atom. The molecule has 0 radical (unpaired) electrons. The molecule has 0 fully saturated rings. The van der Waals surface area contributed by atoms with Crippen molar-refractivity contribution in [2.75, 3.05) is 20.6 Å². The summed E-state index contributed by atoms with van der Waals surface area (Å²) in [5.74, 6) is 0.666. The third-order valence-corrected chi connectivity index (χ3v) is 5.65. The summed E-state index contributed by atoms with van der Waals surface area (Å²) < 4.78 is 19.2. The molecule has 146 valence electrons. The predicted octanol–water partition coefficient (Wildman–Crippen LogP) is 4.66. The van der Waals surface area contributed by atoms with E-state index in [4.69, 9.17) is 4.52 Å². The summed E-state index contributed by atoms with van der Waals surface area (Å²) >= 11 is 0. The van der Waals surface area contributed by atoms with Crippen molar-refractivity contribution in [3.05, 3.63) is 76.8 Å². The number of aromatic nitrogens is 1. The molecule has 0 unspecified atom stereocenters. The molecule has 0 amide bonds. The summed E-state index contributed by atoms with van der Waals surface area (Å²) in [7, 11) is 4.19. The van der Waals surface area contributed by atoms with Crippen LogP contribution < -0.4 is 0 Å². The molecule has 4 nitrogen and oxygen atoms in total. The lowest BCUT2D eigenvalue weighted by Gasteiger charge is -2.26. The van der Waals surface area contributed by atoms with Crippen LogP contribution in [0.25, 0.3) is 11.3 Å². The number of hydrogen-bond acceptors (Lipinski definition) is 4. The molecule has 2 heterocycles. The lowest BCUT2D eigenvalue weighted by Crippen LogP contribution is -2.29. The molecule has 0 saturated carbocycles. The zero-order valence-electron chi connectivity index (χ0n) is 16.7. The van der Waals surface area contributed by atoms with Crippen molar-refractivity contribution in [3.8, 4) is 11.3 Å². The first kappa shape index (κ1) is 18.8. The molecule has 1 aliphatic rings. The Bertz CT molecular complexity index is 949. The Morgan fingerprint density at radius 1 is 1.18 bits per heavy atom. The fourth-order valence-electron chi connectivity index (χ4n) is 3.72. The molecule has 2 aromatic carbocycles. The Labute approximate surface area is 165 Å². The second-order valence-corrected chi connectivity index (χ2v) is 7.79. The molecule has 3 aromatic rings. The van der Waals surface area contributed by atoms with Gasteiger partial charge in [-0.05, 0) is 44.3 Å². The van der Waals surface area contributed by atoms with Crippen molar-refractivity contribution in [1.82, 2.24) is 15.0 Å². The summed E-state index contributed by atoms with van der Waals surface area (Å²) in [4.78, 5) is 4.60. The molecule has 1 aromatic heterocycles. The predicted molar refractivity (Wildman–Crippen MR) is 108 cm³/mol. The first-order chi connectivity index (χ1) is 13.5. The van der Waals surface area contributed by atoms with Crippen LogP contribution in [0.5, 0.6) is 0 Å². The monoisotopic (exact) mass is 379 g/mol. The van der Waals surface area contributed by atoms with Gasteiger partial charge in [0.1, 0.15) is 17.3 Å². The van der Waals surface area contributed by atoms with Gasteiger partial charge in [-0.15, -0.1) is 0 Å². The van der Waals surface area contributed by atoms with Crippen LogP contribution in [0.1, 0.15) is 35.4 Å². The first-order valence-corrected chi connectivity index (χ1v) is 9.72. The third kappa shape index (κ3) is 3.86. The lowest BCUT2D eigenvalue weighted by molar-refractivity contribution is 0.228. The number of rotatable bonds is 5. The maximum Gasteiger partial charge on any atom is 0.143 e. The zero-order valence-corrected chi connectivity index (χ0v) is 16.7. The third-order valence-electron chi connectivity index (χ3n) is 5.65. The molecular formula is C23H26FN3O. The smallest absolute Gasteiger partial charge is 0.143 e. The highest BCUT2D eigenvalue weighted by Gasteiger charge is 2.25. The van der Waals surface area contributed by atoms with E-state index in [1.807, 2.05) is 6.07 Å². The molecule has 5 heteroatoms. The minimum absolute atomic E-state index is 0.256. The fraction of sp³-hybridized carbons (Fsp3) is 0.348. The Morgan fingerprint density at radius 2 is 1.96 bits per heavy atom. The van der Waals surface area contributed by atoms with Gasteiger partial charge in [-0.2, -0.15) is 0 Å². The van der Waals surface area contributed by atoms with Gasteiger partial charge in [-0.1, -0.05) is 41.6 Å². The standard InChI is InChI=1S/C23H26FN3O/c1-16(26(2)3)18-9-7-17(8-10-18)14-27-12-11-22-21(15-27)23(25-28-22)19-5-4-6-20(24)13-19/h4-10,13,16H,11-12,14-15H2,1-3H3/t16-/m1/s1. The van der Waals surface area contributed by atoms with Crippen LogP contribution in [0.4, 0.5) is 4.39 Å². The molecule has 0 spiro atoms. The zero-order chi connectivity index (χ0) is 19.7. The van der Waals surface area contributed by atoms with E-state index >= 15 is 0 Å². The number of hydrogen-bond donors (Lipinski definition) is 0. The minimum atomic E-state index is -0.256. The molecular weight excluding hydrogens is 353 g/mol. The van der Waals surface area contributed by atoms with E-state index in [9.17, 15) is 4.39 Å². The van der Waals surface area contributed by atoms with Crippen molar-refractivity contribution in [2.24, 2.45) is 0 Å². The number of benzene rings is 2. The van der Waals surface area contributed by atoms with Crippen LogP contribution in [0.2, 0.25) is 0 Å². The van der Waals surface area contributed by atoms with E-state index in [1.54, 1.807) is 6.07 Å². The van der Waals surface area contributed by atoms with E-state index in [0.29, 0.717) is 6.04 Å². The minimum Gasteiger partial charge on any atom is -0.360 e. The summed E-state index contributed by atoms with van der Waals surface area (Å²) in [6.07, 6.45) is 0.827. The average Bonchev–Trinajstić information content (AvgIpc) is 3.11. The van der Waals surface area contributed by atoms with E-state index in [-0.39, 0.29) is 5.82 Å². The van der Waals surface area contributed by atoms with Crippen molar-refractivity contribution in [2.45, 2.75) is 32.5 Å². The number of halogens is 1. The highest BCUT2D eigenvalue weighted by atomic mass is 19.1. The Kier molecular flexibility index (Phi) is 5.29. The molecule has 1 aliphatic heterocycles. The summed E-state index contributed by atoms with van der Waals surface area (Å²) in [6.45, 7) is 4.78. The van der Waals surface area contributed by atoms with E-state index < -0.39 is 0 Å².